The van der Waals surface area contributed by atoms with Crippen molar-refractivity contribution in [2.24, 2.45) is 5.92 Å². The van der Waals surface area contributed by atoms with Crippen molar-refractivity contribution in [3.05, 3.63) is 68.5 Å². The molecule has 0 atom stereocenters. The molecule has 0 unspecified atom stereocenters. The SMILES string of the molecule is Cc1ccc([N+](=O)[O-])cc1NC(=O)CSc1nc2ccccc2c(=O)n1CCC(C)C. The van der Waals surface area contributed by atoms with Crippen molar-refractivity contribution >= 4 is 39.9 Å². The molecular formula is C22H24N4O4S. The van der Waals surface area contributed by atoms with Crippen LogP contribution in [-0.4, -0.2) is 26.1 Å². The molecule has 0 saturated carbocycles. The highest BCUT2D eigenvalue weighted by Gasteiger charge is 2.15. The van der Waals surface area contributed by atoms with Gasteiger partial charge in [-0.05, 0) is 37.0 Å². The predicted octanol–water partition coefficient (Wildman–Crippen LogP) is 4.39. The Morgan fingerprint density at radius 3 is 2.71 bits per heavy atom. The molecule has 0 saturated heterocycles. The molecular weight excluding hydrogens is 416 g/mol. The van der Waals surface area contributed by atoms with Gasteiger partial charge in [0.05, 0.1) is 27.3 Å². The second kappa shape index (κ2) is 9.74. The molecule has 1 heterocycles. The number of nitro benzene ring substituents is 1. The first-order valence-corrected chi connectivity index (χ1v) is 10.9. The van der Waals surface area contributed by atoms with E-state index in [0.29, 0.717) is 34.2 Å². The van der Waals surface area contributed by atoms with E-state index < -0.39 is 4.92 Å². The molecule has 1 amide bonds. The van der Waals surface area contributed by atoms with Crippen molar-refractivity contribution in [2.75, 3.05) is 11.1 Å². The number of fused-ring (bicyclic) bond motifs is 1. The zero-order chi connectivity index (χ0) is 22.5. The van der Waals surface area contributed by atoms with Gasteiger partial charge >= 0.3 is 0 Å². The van der Waals surface area contributed by atoms with E-state index in [1.54, 1.807) is 35.8 Å². The lowest BCUT2D eigenvalue weighted by Crippen LogP contribution is -2.25. The average molecular weight is 441 g/mol. The van der Waals surface area contributed by atoms with Gasteiger partial charge in [0, 0.05) is 18.7 Å². The van der Waals surface area contributed by atoms with E-state index in [1.165, 1.54) is 23.9 Å². The molecule has 1 aromatic heterocycles. The predicted molar refractivity (Wildman–Crippen MR) is 123 cm³/mol. The number of nitrogens with one attached hydrogen (secondary N) is 1. The summed E-state index contributed by atoms with van der Waals surface area (Å²) in [5, 5.41) is 14.7. The summed E-state index contributed by atoms with van der Waals surface area (Å²) in [5.41, 5.74) is 1.49. The van der Waals surface area contributed by atoms with Gasteiger partial charge in [-0.15, -0.1) is 0 Å². The summed E-state index contributed by atoms with van der Waals surface area (Å²) in [6.07, 6.45) is 0.812. The highest BCUT2D eigenvalue weighted by Crippen LogP contribution is 2.23. The number of rotatable bonds is 8. The molecule has 0 spiro atoms. The van der Waals surface area contributed by atoms with Crippen molar-refractivity contribution in [3.8, 4) is 0 Å². The molecule has 8 nitrogen and oxygen atoms in total. The molecule has 9 heteroatoms. The van der Waals surface area contributed by atoms with E-state index in [2.05, 4.69) is 24.1 Å². The summed E-state index contributed by atoms with van der Waals surface area (Å²) in [6, 6.07) is 11.5. The van der Waals surface area contributed by atoms with Crippen LogP contribution in [0.25, 0.3) is 10.9 Å². The summed E-state index contributed by atoms with van der Waals surface area (Å²) in [7, 11) is 0. The van der Waals surface area contributed by atoms with Crippen molar-refractivity contribution < 1.29 is 9.72 Å². The van der Waals surface area contributed by atoms with Crippen molar-refractivity contribution in [3.63, 3.8) is 0 Å². The Hall–Kier alpha value is -3.20. The molecule has 0 aliphatic rings. The van der Waals surface area contributed by atoms with Crippen LogP contribution in [0.5, 0.6) is 0 Å². The maximum Gasteiger partial charge on any atom is 0.271 e. The number of anilines is 1. The number of carbonyl (C=O) groups is 1. The van der Waals surface area contributed by atoms with Gasteiger partial charge in [0.25, 0.3) is 11.2 Å². The zero-order valence-electron chi connectivity index (χ0n) is 17.6. The first kappa shape index (κ1) is 22.5. The number of benzene rings is 2. The molecule has 31 heavy (non-hydrogen) atoms. The Labute approximate surface area is 183 Å². The minimum atomic E-state index is -0.504. The van der Waals surface area contributed by atoms with E-state index in [4.69, 9.17) is 0 Å². The number of nitro groups is 1. The third-order valence-corrected chi connectivity index (χ3v) is 5.77. The first-order valence-electron chi connectivity index (χ1n) is 9.93. The first-order chi connectivity index (χ1) is 14.8. The Bertz CT molecular complexity index is 1190. The van der Waals surface area contributed by atoms with Gasteiger partial charge in [0.1, 0.15) is 0 Å². The number of para-hydroxylation sites is 1. The molecule has 0 aliphatic carbocycles. The topological polar surface area (TPSA) is 107 Å². The summed E-state index contributed by atoms with van der Waals surface area (Å²) in [4.78, 5) is 40.6. The largest absolute Gasteiger partial charge is 0.325 e. The third-order valence-electron chi connectivity index (χ3n) is 4.80. The molecule has 2 aromatic carbocycles. The number of nitrogens with zero attached hydrogens (tertiary/aromatic N) is 3. The molecule has 0 aliphatic heterocycles. The van der Waals surface area contributed by atoms with Crippen LogP contribution in [0, 0.1) is 23.0 Å². The number of hydrogen-bond donors (Lipinski definition) is 1. The highest BCUT2D eigenvalue weighted by molar-refractivity contribution is 7.99. The zero-order valence-corrected chi connectivity index (χ0v) is 18.4. The standard InChI is InChI=1S/C22H24N4O4S/c1-14(2)10-11-25-21(28)17-6-4-5-7-18(17)24-22(25)31-13-20(27)23-19-12-16(26(29)30)9-8-15(19)3/h4-9,12,14H,10-11,13H2,1-3H3,(H,23,27). The number of hydrogen-bond acceptors (Lipinski definition) is 6. The summed E-state index contributed by atoms with van der Waals surface area (Å²) < 4.78 is 1.62. The van der Waals surface area contributed by atoms with Crippen LogP contribution in [0.4, 0.5) is 11.4 Å². The molecule has 3 rings (SSSR count). The quantitative estimate of drug-likeness (QED) is 0.241. The monoisotopic (exact) mass is 440 g/mol. The third kappa shape index (κ3) is 5.49. The molecule has 3 aromatic rings. The van der Waals surface area contributed by atoms with Gasteiger partial charge in [0.15, 0.2) is 5.16 Å². The molecule has 0 radical (unpaired) electrons. The van der Waals surface area contributed by atoms with Crippen LogP contribution < -0.4 is 10.9 Å². The van der Waals surface area contributed by atoms with Gasteiger partial charge in [0.2, 0.25) is 5.91 Å². The van der Waals surface area contributed by atoms with Crippen molar-refractivity contribution in [1.29, 1.82) is 0 Å². The Balaban J connectivity index is 1.82. The smallest absolute Gasteiger partial charge is 0.271 e. The minimum absolute atomic E-state index is 0.0224. The summed E-state index contributed by atoms with van der Waals surface area (Å²) >= 11 is 1.18. The van der Waals surface area contributed by atoms with E-state index in [9.17, 15) is 19.7 Å². The lowest BCUT2D eigenvalue weighted by atomic mass is 10.1. The van der Waals surface area contributed by atoms with Crippen molar-refractivity contribution in [2.45, 2.75) is 38.9 Å². The number of non-ortho nitro benzene ring substituents is 1. The van der Waals surface area contributed by atoms with E-state index >= 15 is 0 Å². The summed E-state index contributed by atoms with van der Waals surface area (Å²) in [6.45, 7) is 6.45. The fraction of sp³-hybridized carbons (Fsp3) is 0.318. The maximum absolute atomic E-state index is 13.0. The van der Waals surface area contributed by atoms with Crippen LogP contribution in [0.15, 0.2) is 52.4 Å². The van der Waals surface area contributed by atoms with Crippen LogP contribution in [0.1, 0.15) is 25.8 Å². The fourth-order valence-electron chi connectivity index (χ4n) is 3.02. The molecule has 0 fully saturated rings. The highest BCUT2D eigenvalue weighted by atomic mass is 32.2. The lowest BCUT2D eigenvalue weighted by molar-refractivity contribution is -0.384. The number of aryl methyl sites for hydroxylation is 1. The van der Waals surface area contributed by atoms with Crippen LogP contribution in [0.2, 0.25) is 0 Å². The van der Waals surface area contributed by atoms with Gasteiger partial charge in [-0.2, -0.15) is 0 Å². The van der Waals surface area contributed by atoms with Crippen LogP contribution in [0.3, 0.4) is 0 Å². The second-order valence-electron chi connectivity index (χ2n) is 7.64. The normalized spacial score (nSPS) is 11.1. The van der Waals surface area contributed by atoms with E-state index in [0.717, 1.165) is 12.0 Å². The Morgan fingerprint density at radius 1 is 1.26 bits per heavy atom. The summed E-state index contributed by atoms with van der Waals surface area (Å²) in [5.74, 6) is 0.108. The van der Waals surface area contributed by atoms with E-state index in [1.807, 2.05) is 6.07 Å². The number of amides is 1. The number of carbonyl (C=O) groups excluding carboxylic acids is 1. The fourth-order valence-corrected chi connectivity index (χ4v) is 3.84. The molecule has 1 N–H and O–H groups in total. The lowest BCUT2D eigenvalue weighted by Gasteiger charge is -2.14. The van der Waals surface area contributed by atoms with Gasteiger partial charge in [-0.3, -0.25) is 24.3 Å². The van der Waals surface area contributed by atoms with E-state index in [-0.39, 0.29) is 22.9 Å². The van der Waals surface area contributed by atoms with Crippen LogP contribution >= 0.6 is 11.8 Å². The second-order valence-corrected chi connectivity index (χ2v) is 8.59. The number of thioether (sulfide) groups is 1. The Morgan fingerprint density at radius 2 is 2.00 bits per heavy atom. The molecule has 162 valence electrons. The van der Waals surface area contributed by atoms with Gasteiger partial charge < -0.3 is 5.32 Å². The Kier molecular flexibility index (Phi) is 7.06. The number of aromatic nitrogens is 2. The van der Waals surface area contributed by atoms with Gasteiger partial charge in [-0.25, -0.2) is 4.98 Å². The van der Waals surface area contributed by atoms with Gasteiger partial charge in [-0.1, -0.05) is 43.8 Å². The maximum atomic E-state index is 13.0. The van der Waals surface area contributed by atoms with Crippen molar-refractivity contribution in [1.82, 2.24) is 9.55 Å². The molecule has 0 bridgehead atoms. The average Bonchev–Trinajstić information content (AvgIpc) is 2.73. The van der Waals surface area contributed by atoms with Crippen LogP contribution in [-0.2, 0) is 11.3 Å². The minimum Gasteiger partial charge on any atom is -0.325 e.